The van der Waals surface area contributed by atoms with Gasteiger partial charge in [-0.2, -0.15) is 0 Å². The number of hydrogen-bond donors (Lipinski definition) is 1. The summed E-state index contributed by atoms with van der Waals surface area (Å²) in [7, 11) is 0. The Morgan fingerprint density at radius 3 is 2.11 bits per heavy atom. The quantitative estimate of drug-likeness (QED) is 0.282. The van der Waals surface area contributed by atoms with Crippen molar-refractivity contribution in [2.45, 2.75) is 70.6 Å². The van der Waals surface area contributed by atoms with Crippen molar-refractivity contribution >= 4 is 5.91 Å². The Kier molecular flexibility index (Phi) is 14.1. The predicted molar refractivity (Wildman–Crippen MR) is 120 cm³/mol. The third-order valence-electron chi connectivity index (χ3n) is 4.51. The molecule has 1 aromatic rings. The van der Waals surface area contributed by atoms with Crippen LogP contribution in [0.5, 0.6) is 0 Å². The number of nitrogens with zero attached hydrogens (tertiary/aromatic N) is 1. The van der Waals surface area contributed by atoms with E-state index in [4.69, 9.17) is 5.73 Å². The predicted octanol–water partition coefficient (Wildman–Crippen LogP) is 6.41. The van der Waals surface area contributed by atoms with E-state index in [1.807, 2.05) is 12.1 Å². The molecule has 0 aliphatic heterocycles. The molecule has 1 aromatic heterocycles. The average Bonchev–Trinajstić information content (AvgIpc) is 2.70. The van der Waals surface area contributed by atoms with Gasteiger partial charge in [0.1, 0.15) is 0 Å². The Bertz CT molecular complexity index is 629. The average molecular weight is 381 g/mol. The number of aromatic nitrogens is 1. The molecule has 0 aliphatic carbocycles. The largest absolute Gasteiger partial charge is 0.369 e. The molecular formula is C25H36N2O. The lowest BCUT2D eigenvalue weighted by molar-refractivity contribution is -0.119. The molecule has 1 heterocycles. The monoisotopic (exact) mass is 380 g/mol. The normalized spacial score (nSPS) is 13.3. The molecule has 0 spiro atoms. The number of hydrogen-bond acceptors (Lipinski definition) is 2. The van der Waals surface area contributed by atoms with E-state index in [1.54, 1.807) is 12.4 Å². The molecule has 1 amide bonds. The molecule has 0 saturated carbocycles. The summed E-state index contributed by atoms with van der Waals surface area (Å²) in [5, 5.41) is 0. The summed E-state index contributed by atoms with van der Waals surface area (Å²) in [5.74, 6) is -0.552. The highest BCUT2D eigenvalue weighted by Crippen LogP contribution is 2.20. The fraction of sp³-hybridized carbons (Fsp3) is 0.440. The van der Waals surface area contributed by atoms with Gasteiger partial charge in [-0.3, -0.25) is 9.78 Å². The number of pyridine rings is 1. The van der Waals surface area contributed by atoms with E-state index in [9.17, 15) is 4.79 Å². The van der Waals surface area contributed by atoms with Crippen LogP contribution in [0.2, 0.25) is 0 Å². The molecule has 0 saturated heterocycles. The second-order valence-electron chi connectivity index (χ2n) is 6.91. The lowest BCUT2D eigenvalue weighted by atomic mass is 9.95. The third-order valence-corrected chi connectivity index (χ3v) is 4.51. The van der Waals surface area contributed by atoms with Gasteiger partial charge in [0.2, 0.25) is 5.91 Å². The Labute approximate surface area is 171 Å². The van der Waals surface area contributed by atoms with Crippen LogP contribution in [0.3, 0.4) is 0 Å². The molecule has 0 aliphatic rings. The summed E-state index contributed by atoms with van der Waals surface area (Å²) >= 11 is 0. The van der Waals surface area contributed by atoms with Crippen LogP contribution >= 0.6 is 0 Å². The first-order chi connectivity index (χ1) is 13.8. The zero-order chi connectivity index (χ0) is 20.3. The fourth-order valence-corrected chi connectivity index (χ4v) is 2.88. The van der Waals surface area contributed by atoms with Crippen LogP contribution in [0.15, 0.2) is 73.1 Å². The standard InChI is InChI=1S/C25H36N2O/c1-2-3-4-5-6-7-8-9-10-11-12-13-14-15-16-17-20-24(25(26)28)23-19-18-21-27-22-23/h6-7,9-10,12-13,15-16,18-19,21-22,24H,2-5,8,11,14,17,20H2,1H3,(H2,26,28)/b7-6-,10-9-,13-12-,16-15-. The van der Waals surface area contributed by atoms with Crippen molar-refractivity contribution in [3.63, 3.8) is 0 Å². The maximum absolute atomic E-state index is 11.6. The van der Waals surface area contributed by atoms with Crippen molar-refractivity contribution in [2.75, 3.05) is 0 Å². The Morgan fingerprint density at radius 2 is 1.57 bits per heavy atom. The molecular weight excluding hydrogens is 344 g/mol. The van der Waals surface area contributed by atoms with Crippen molar-refractivity contribution in [2.24, 2.45) is 5.73 Å². The van der Waals surface area contributed by atoms with Gasteiger partial charge in [-0.15, -0.1) is 0 Å². The zero-order valence-corrected chi connectivity index (χ0v) is 17.3. The van der Waals surface area contributed by atoms with Gasteiger partial charge in [0.15, 0.2) is 0 Å². The summed E-state index contributed by atoms with van der Waals surface area (Å²) in [6.45, 7) is 2.24. The molecule has 3 nitrogen and oxygen atoms in total. The molecule has 1 unspecified atom stereocenters. The number of rotatable bonds is 15. The molecule has 0 fully saturated rings. The molecule has 28 heavy (non-hydrogen) atoms. The van der Waals surface area contributed by atoms with E-state index < -0.39 is 0 Å². The van der Waals surface area contributed by atoms with Crippen LogP contribution < -0.4 is 5.73 Å². The first-order valence-electron chi connectivity index (χ1n) is 10.5. The van der Waals surface area contributed by atoms with Crippen LogP contribution in [0.4, 0.5) is 0 Å². The first kappa shape index (κ1) is 23.6. The Hall–Kier alpha value is -2.42. The number of amides is 1. The van der Waals surface area contributed by atoms with Crippen molar-refractivity contribution in [1.29, 1.82) is 0 Å². The van der Waals surface area contributed by atoms with Crippen molar-refractivity contribution in [3.05, 3.63) is 78.7 Å². The van der Waals surface area contributed by atoms with E-state index in [1.165, 1.54) is 25.7 Å². The number of unbranched alkanes of at least 4 members (excludes halogenated alkanes) is 3. The highest BCUT2D eigenvalue weighted by atomic mass is 16.1. The van der Waals surface area contributed by atoms with Gasteiger partial charge in [0.05, 0.1) is 5.92 Å². The first-order valence-corrected chi connectivity index (χ1v) is 10.5. The smallest absolute Gasteiger partial charge is 0.225 e. The van der Waals surface area contributed by atoms with Crippen molar-refractivity contribution < 1.29 is 4.79 Å². The fourth-order valence-electron chi connectivity index (χ4n) is 2.88. The maximum Gasteiger partial charge on any atom is 0.225 e. The Morgan fingerprint density at radius 1 is 0.964 bits per heavy atom. The van der Waals surface area contributed by atoms with Gasteiger partial charge in [0.25, 0.3) is 0 Å². The number of carbonyl (C=O) groups excluding carboxylic acids is 1. The highest BCUT2D eigenvalue weighted by Gasteiger charge is 2.16. The molecule has 0 bridgehead atoms. The lowest BCUT2D eigenvalue weighted by Crippen LogP contribution is -2.21. The molecule has 152 valence electrons. The second-order valence-corrected chi connectivity index (χ2v) is 6.91. The van der Waals surface area contributed by atoms with E-state index in [0.29, 0.717) is 0 Å². The summed E-state index contributed by atoms with van der Waals surface area (Å²) in [6, 6.07) is 3.74. The van der Waals surface area contributed by atoms with Gasteiger partial charge >= 0.3 is 0 Å². The third kappa shape index (κ3) is 12.1. The maximum atomic E-state index is 11.6. The molecule has 1 rings (SSSR count). The van der Waals surface area contributed by atoms with Crippen molar-refractivity contribution in [1.82, 2.24) is 4.98 Å². The SMILES string of the molecule is CCCCC/C=C\C/C=C\C/C=C\C/C=C\CCC(C(N)=O)c1cccnc1. The molecule has 3 heteroatoms. The topological polar surface area (TPSA) is 56.0 Å². The Balaban J connectivity index is 2.12. The highest BCUT2D eigenvalue weighted by molar-refractivity contribution is 5.81. The minimum absolute atomic E-state index is 0.264. The number of allylic oxidation sites excluding steroid dienone is 8. The van der Waals surface area contributed by atoms with E-state index in [0.717, 1.165) is 37.7 Å². The minimum Gasteiger partial charge on any atom is -0.369 e. The molecule has 2 N–H and O–H groups in total. The number of carbonyl (C=O) groups is 1. The van der Waals surface area contributed by atoms with E-state index >= 15 is 0 Å². The van der Waals surface area contributed by atoms with Crippen LogP contribution in [-0.4, -0.2) is 10.9 Å². The van der Waals surface area contributed by atoms with Gasteiger partial charge in [-0.1, -0.05) is 74.4 Å². The van der Waals surface area contributed by atoms with Crippen molar-refractivity contribution in [3.8, 4) is 0 Å². The number of primary amides is 1. The van der Waals surface area contributed by atoms with Gasteiger partial charge in [-0.05, 0) is 56.6 Å². The minimum atomic E-state index is -0.288. The van der Waals surface area contributed by atoms with Crippen LogP contribution in [0.25, 0.3) is 0 Å². The lowest BCUT2D eigenvalue weighted by Gasteiger charge is -2.11. The molecule has 0 aromatic carbocycles. The van der Waals surface area contributed by atoms with E-state index in [-0.39, 0.29) is 11.8 Å². The summed E-state index contributed by atoms with van der Waals surface area (Å²) in [6.07, 6.45) is 30.6. The van der Waals surface area contributed by atoms with Gasteiger partial charge < -0.3 is 5.73 Å². The molecule has 1 atom stereocenters. The summed E-state index contributed by atoms with van der Waals surface area (Å²) in [5.41, 5.74) is 6.42. The summed E-state index contributed by atoms with van der Waals surface area (Å²) < 4.78 is 0. The second kappa shape index (κ2) is 16.7. The van der Waals surface area contributed by atoms with Gasteiger partial charge in [-0.25, -0.2) is 0 Å². The van der Waals surface area contributed by atoms with E-state index in [2.05, 4.69) is 60.5 Å². The summed E-state index contributed by atoms with van der Waals surface area (Å²) in [4.78, 5) is 15.7. The van der Waals surface area contributed by atoms with Crippen LogP contribution in [0, 0.1) is 0 Å². The van der Waals surface area contributed by atoms with Crippen LogP contribution in [0.1, 0.15) is 76.2 Å². The van der Waals surface area contributed by atoms with Crippen LogP contribution in [-0.2, 0) is 4.79 Å². The number of nitrogens with two attached hydrogens (primary N) is 1. The molecule has 0 radical (unpaired) electrons. The zero-order valence-electron chi connectivity index (χ0n) is 17.3. The van der Waals surface area contributed by atoms with Gasteiger partial charge in [0, 0.05) is 12.4 Å².